The third-order valence-corrected chi connectivity index (χ3v) is 3.78. The molecule has 0 aromatic rings. The second-order valence-electron chi connectivity index (χ2n) is 5.23. The molecule has 0 aliphatic heterocycles. The molecular weight excluding hydrogens is 216 g/mol. The second kappa shape index (κ2) is 7.67. The SMILES string of the molecule is CNC(CN(C)CCC1CCCCC1)C(=O)O. The predicted octanol–water partition coefficient (Wildman–Crippen LogP) is 1.56. The minimum Gasteiger partial charge on any atom is -0.480 e. The predicted molar refractivity (Wildman–Crippen MR) is 69.2 cm³/mol. The number of nitrogens with one attached hydrogen (secondary N) is 1. The summed E-state index contributed by atoms with van der Waals surface area (Å²) in [6.07, 6.45) is 8.09. The van der Waals surface area contributed by atoms with Crippen molar-refractivity contribution in [3.8, 4) is 0 Å². The van der Waals surface area contributed by atoms with Gasteiger partial charge in [-0.25, -0.2) is 0 Å². The Morgan fingerprint density at radius 1 is 1.41 bits per heavy atom. The van der Waals surface area contributed by atoms with Crippen molar-refractivity contribution in [3.05, 3.63) is 0 Å². The zero-order valence-electron chi connectivity index (χ0n) is 11.1. The van der Waals surface area contributed by atoms with Crippen molar-refractivity contribution < 1.29 is 9.90 Å². The molecular formula is C13H26N2O2. The third kappa shape index (κ3) is 5.50. The summed E-state index contributed by atoms with van der Waals surface area (Å²) >= 11 is 0. The molecule has 1 fully saturated rings. The van der Waals surface area contributed by atoms with Gasteiger partial charge in [-0.2, -0.15) is 0 Å². The zero-order valence-corrected chi connectivity index (χ0v) is 11.1. The van der Waals surface area contributed by atoms with Gasteiger partial charge in [0.1, 0.15) is 6.04 Å². The molecule has 100 valence electrons. The van der Waals surface area contributed by atoms with Crippen LogP contribution in [-0.4, -0.2) is 49.2 Å². The largest absolute Gasteiger partial charge is 0.480 e. The van der Waals surface area contributed by atoms with Crippen molar-refractivity contribution in [2.45, 2.75) is 44.6 Å². The molecule has 0 amide bonds. The quantitative estimate of drug-likeness (QED) is 0.711. The van der Waals surface area contributed by atoms with Crippen LogP contribution in [0.2, 0.25) is 0 Å². The molecule has 4 nitrogen and oxygen atoms in total. The molecule has 0 aromatic heterocycles. The van der Waals surface area contributed by atoms with Crippen molar-refractivity contribution in [2.24, 2.45) is 5.92 Å². The summed E-state index contributed by atoms with van der Waals surface area (Å²) in [7, 11) is 3.71. The van der Waals surface area contributed by atoms with Gasteiger partial charge in [0, 0.05) is 6.54 Å². The lowest BCUT2D eigenvalue weighted by Crippen LogP contribution is -2.43. The fourth-order valence-corrected chi connectivity index (χ4v) is 2.57. The van der Waals surface area contributed by atoms with Crippen LogP contribution >= 0.6 is 0 Å². The van der Waals surface area contributed by atoms with Crippen LogP contribution in [0.25, 0.3) is 0 Å². The van der Waals surface area contributed by atoms with Crippen molar-refractivity contribution in [1.82, 2.24) is 10.2 Å². The van der Waals surface area contributed by atoms with Gasteiger partial charge in [-0.15, -0.1) is 0 Å². The maximum atomic E-state index is 10.9. The Labute approximate surface area is 104 Å². The van der Waals surface area contributed by atoms with Crippen LogP contribution < -0.4 is 5.32 Å². The van der Waals surface area contributed by atoms with E-state index in [0.717, 1.165) is 12.5 Å². The molecule has 4 heteroatoms. The zero-order chi connectivity index (χ0) is 12.7. The Balaban J connectivity index is 2.19. The molecule has 0 radical (unpaired) electrons. The number of aliphatic carboxylic acids is 1. The summed E-state index contributed by atoms with van der Waals surface area (Å²) in [5.41, 5.74) is 0. The van der Waals surface area contributed by atoms with Crippen molar-refractivity contribution in [3.63, 3.8) is 0 Å². The molecule has 1 atom stereocenters. The van der Waals surface area contributed by atoms with E-state index in [4.69, 9.17) is 5.11 Å². The first-order valence-corrected chi connectivity index (χ1v) is 6.72. The first kappa shape index (κ1) is 14.5. The molecule has 1 rings (SSSR count). The van der Waals surface area contributed by atoms with Gasteiger partial charge in [-0.05, 0) is 33.0 Å². The Kier molecular flexibility index (Phi) is 6.52. The summed E-state index contributed by atoms with van der Waals surface area (Å²) < 4.78 is 0. The lowest BCUT2D eigenvalue weighted by atomic mass is 9.87. The molecule has 2 N–H and O–H groups in total. The van der Waals surface area contributed by atoms with Gasteiger partial charge in [0.25, 0.3) is 0 Å². The van der Waals surface area contributed by atoms with Crippen molar-refractivity contribution in [2.75, 3.05) is 27.2 Å². The van der Waals surface area contributed by atoms with Gasteiger partial charge in [0.2, 0.25) is 0 Å². The van der Waals surface area contributed by atoms with Gasteiger partial charge in [0.15, 0.2) is 0 Å². The van der Waals surface area contributed by atoms with Gasteiger partial charge in [-0.1, -0.05) is 32.1 Å². The normalized spacial score (nSPS) is 19.5. The van der Waals surface area contributed by atoms with Crippen LogP contribution in [0.3, 0.4) is 0 Å². The first-order valence-electron chi connectivity index (χ1n) is 6.72. The number of carboxylic acid groups (broad SMARTS) is 1. The van der Waals surface area contributed by atoms with Crippen LogP contribution in [0.15, 0.2) is 0 Å². The maximum Gasteiger partial charge on any atom is 0.322 e. The molecule has 0 aromatic carbocycles. The highest BCUT2D eigenvalue weighted by Crippen LogP contribution is 2.26. The first-order chi connectivity index (χ1) is 8.13. The van der Waals surface area contributed by atoms with Crippen LogP contribution in [0.5, 0.6) is 0 Å². The molecule has 1 unspecified atom stereocenters. The number of carbonyl (C=O) groups is 1. The van der Waals surface area contributed by atoms with Gasteiger partial charge >= 0.3 is 5.97 Å². The smallest absolute Gasteiger partial charge is 0.322 e. The number of nitrogens with zero attached hydrogens (tertiary/aromatic N) is 1. The van der Waals surface area contributed by atoms with E-state index in [9.17, 15) is 4.79 Å². The Hall–Kier alpha value is -0.610. The van der Waals surface area contributed by atoms with E-state index in [2.05, 4.69) is 10.2 Å². The molecule has 0 heterocycles. The minimum absolute atomic E-state index is 0.452. The topological polar surface area (TPSA) is 52.6 Å². The van der Waals surface area contributed by atoms with E-state index in [1.165, 1.54) is 38.5 Å². The average molecular weight is 242 g/mol. The van der Waals surface area contributed by atoms with Crippen molar-refractivity contribution >= 4 is 5.97 Å². The lowest BCUT2D eigenvalue weighted by molar-refractivity contribution is -0.139. The molecule has 0 bridgehead atoms. The van der Waals surface area contributed by atoms with Gasteiger partial charge in [0.05, 0.1) is 0 Å². The fourth-order valence-electron chi connectivity index (χ4n) is 2.57. The number of carboxylic acids is 1. The summed E-state index contributed by atoms with van der Waals surface area (Å²) in [4.78, 5) is 13.0. The van der Waals surface area contributed by atoms with E-state index >= 15 is 0 Å². The summed E-state index contributed by atoms with van der Waals surface area (Å²) in [5, 5.41) is 11.8. The average Bonchev–Trinajstić information content (AvgIpc) is 2.34. The van der Waals surface area contributed by atoms with Crippen molar-refractivity contribution in [1.29, 1.82) is 0 Å². The number of likely N-dealkylation sites (N-methyl/N-ethyl adjacent to an activating group) is 2. The van der Waals surface area contributed by atoms with Crippen LogP contribution in [0, 0.1) is 5.92 Å². The monoisotopic (exact) mass is 242 g/mol. The number of hydrogen-bond acceptors (Lipinski definition) is 3. The lowest BCUT2D eigenvalue weighted by Gasteiger charge is -2.26. The van der Waals surface area contributed by atoms with E-state index in [1.54, 1.807) is 7.05 Å². The number of hydrogen-bond donors (Lipinski definition) is 2. The molecule has 1 aliphatic rings. The molecule has 1 saturated carbocycles. The maximum absolute atomic E-state index is 10.9. The molecule has 0 spiro atoms. The highest BCUT2D eigenvalue weighted by molar-refractivity contribution is 5.73. The summed E-state index contributed by atoms with van der Waals surface area (Å²) in [5.74, 6) is 0.0982. The van der Waals surface area contributed by atoms with E-state index in [-0.39, 0.29) is 0 Å². The molecule has 0 saturated heterocycles. The van der Waals surface area contributed by atoms with Gasteiger partial charge < -0.3 is 15.3 Å². The Morgan fingerprint density at radius 3 is 2.59 bits per heavy atom. The van der Waals surface area contributed by atoms with Gasteiger partial charge in [-0.3, -0.25) is 4.79 Å². The van der Waals surface area contributed by atoms with E-state index < -0.39 is 12.0 Å². The fraction of sp³-hybridized carbons (Fsp3) is 0.923. The molecule has 17 heavy (non-hydrogen) atoms. The van der Waals surface area contributed by atoms with Crippen LogP contribution in [-0.2, 0) is 4.79 Å². The second-order valence-corrected chi connectivity index (χ2v) is 5.23. The van der Waals surface area contributed by atoms with Crippen LogP contribution in [0.1, 0.15) is 38.5 Å². The third-order valence-electron chi connectivity index (χ3n) is 3.78. The standard InChI is InChI=1S/C13H26N2O2/c1-14-12(13(16)17)10-15(2)9-8-11-6-4-3-5-7-11/h11-12,14H,3-10H2,1-2H3,(H,16,17). The highest BCUT2D eigenvalue weighted by atomic mass is 16.4. The van der Waals surface area contributed by atoms with E-state index in [0.29, 0.717) is 6.54 Å². The summed E-state index contributed by atoms with van der Waals surface area (Å²) in [6.45, 7) is 1.59. The Bertz CT molecular complexity index is 227. The summed E-state index contributed by atoms with van der Waals surface area (Å²) in [6, 6.07) is -0.452. The number of rotatable bonds is 7. The minimum atomic E-state index is -0.767. The van der Waals surface area contributed by atoms with Crippen LogP contribution in [0.4, 0.5) is 0 Å². The highest BCUT2D eigenvalue weighted by Gasteiger charge is 2.18. The Morgan fingerprint density at radius 2 is 2.06 bits per heavy atom. The van der Waals surface area contributed by atoms with E-state index in [1.807, 2.05) is 7.05 Å². The molecule has 1 aliphatic carbocycles.